The molecule has 3 aromatic rings. The molecule has 0 bridgehead atoms. The zero-order valence-electron chi connectivity index (χ0n) is 15.0. The summed E-state index contributed by atoms with van der Waals surface area (Å²) < 4.78 is 0. The van der Waals surface area contributed by atoms with Gasteiger partial charge in [0.2, 0.25) is 0 Å². The van der Waals surface area contributed by atoms with Gasteiger partial charge in [-0.2, -0.15) is 0 Å². The standard InChI is InChI=1S/C19H20N4O4S/c24-9-14(17(25)11-5-7-12(8-6-11)23(26)27)22-18-16-13-3-1-2-4-15(13)28-19(16)21-10-20-18/h5-8,10,14,17,24-25H,1-4,9H2,(H,20,21,22). The summed E-state index contributed by atoms with van der Waals surface area (Å²) in [7, 11) is 0. The molecule has 4 rings (SSSR count). The summed E-state index contributed by atoms with van der Waals surface area (Å²) in [6.45, 7) is -0.323. The van der Waals surface area contributed by atoms with Gasteiger partial charge >= 0.3 is 0 Å². The van der Waals surface area contributed by atoms with Crippen molar-refractivity contribution in [3.05, 3.63) is 56.7 Å². The number of hydrogen-bond donors (Lipinski definition) is 3. The highest BCUT2D eigenvalue weighted by Gasteiger charge is 2.25. The topological polar surface area (TPSA) is 121 Å². The summed E-state index contributed by atoms with van der Waals surface area (Å²) in [5, 5.41) is 35.5. The number of nitrogens with zero attached hydrogens (tertiary/aromatic N) is 3. The molecular weight excluding hydrogens is 380 g/mol. The van der Waals surface area contributed by atoms with E-state index >= 15 is 0 Å². The number of aliphatic hydroxyl groups excluding tert-OH is 2. The van der Waals surface area contributed by atoms with Gasteiger partial charge in [-0.05, 0) is 48.9 Å². The maximum Gasteiger partial charge on any atom is 0.269 e. The number of nitro groups is 1. The molecule has 9 heteroatoms. The molecule has 146 valence electrons. The van der Waals surface area contributed by atoms with Crippen molar-refractivity contribution in [3.63, 3.8) is 0 Å². The minimum absolute atomic E-state index is 0.0492. The van der Waals surface area contributed by atoms with Crippen molar-refractivity contribution >= 4 is 33.1 Å². The SMILES string of the molecule is O=[N+]([O-])c1ccc(C(O)C(CO)Nc2ncnc3sc4c(c23)CCCC4)cc1. The van der Waals surface area contributed by atoms with Crippen molar-refractivity contribution in [1.29, 1.82) is 0 Å². The van der Waals surface area contributed by atoms with Crippen LogP contribution >= 0.6 is 11.3 Å². The third kappa shape index (κ3) is 3.44. The van der Waals surface area contributed by atoms with E-state index in [2.05, 4.69) is 15.3 Å². The molecule has 0 amide bonds. The number of aliphatic hydroxyl groups is 2. The lowest BCUT2D eigenvalue weighted by molar-refractivity contribution is -0.384. The normalized spacial score (nSPS) is 15.8. The average molecular weight is 400 g/mol. The lowest BCUT2D eigenvalue weighted by Crippen LogP contribution is -2.31. The van der Waals surface area contributed by atoms with Crippen LogP contribution in [0.25, 0.3) is 10.2 Å². The number of nitrogens with one attached hydrogen (secondary N) is 1. The fraction of sp³-hybridized carbons (Fsp3) is 0.368. The fourth-order valence-electron chi connectivity index (χ4n) is 3.63. The van der Waals surface area contributed by atoms with E-state index in [1.165, 1.54) is 47.5 Å². The van der Waals surface area contributed by atoms with Crippen molar-refractivity contribution in [3.8, 4) is 0 Å². The Morgan fingerprint density at radius 3 is 2.68 bits per heavy atom. The summed E-state index contributed by atoms with van der Waals surface area (Å²) in [4.78, 5) is 21.3. The van der Waals surface area contributed by atoms with Gasteiger partial charge in [-0.1, -0.05) is 0 Å². The van der Waals surface area contributed by atoms with Crippen LogP contribution in [-0.4, -0.2) is 37.8 Å². The molecule has 1 aliphatic rings. The zero-order chi connectivity index (χ0) is 19.7. The van der Waals surface area contributed by atoms with Gasteiger partial charge in [0, 0.05) is 17.0 Å². The van der Waals surface area contributed by atoms with E-state index in [1.807, 2.05) is 0 Å². The summed E-state index contributed by atoms with van der Waals surface area (Å²) >= 11 is 1.68. The van der Waals surface area contributed by atoms with Crippen LogP contribution in [0.1, 0.15) is 34.9 Å². The van der Waals surface area contributed by atoms with E-state index in [1.54, 1.807) is 11.3 Å². The summed E-state index contributed by atoms with van der Waals surface area (Å²) in [5.74, 6) is 0.601. The predicted octanol–water partition coefficient (Wildman–Crippen LogP) is 2.98. The molecule has 1 aromatic carbocycles. The van der Waals surface area contributed by atoms with Crippen LogP contribution in [0.5, 0.6) is 0 Å². The van der Waals surface area contributed by atoms with Crippen LogP contribution in [0, 0.1) is 10.1 Å². The first-order chi connectivity index (χ1) is 13.6. The van der Waals surface area contributed by atoms with Crippen LogP contribution in [0.4, 0.5) is 11.5 Å². The molecule has 0 saturated heterocycles. The fourth-order valence-corrected chi connectivity index (χ4v) is 4.85. The maximum absolute atomic E-state index is 10.8. The molecule has 0 spiro atoms. The molecule has 0 aliphatic heterocycles. The monoisotopic (exact) mass is 400 g/mol. The number of nitro benzene ring substituents is 1. The first-order valence-electron chi connectivity index (χ1n) is 9.13. The molecule has 2 heterocycles. The number of benzene rings is 1. The molecule has 28 heavy (non-hydrogen) atoms. The highest BCUT2D eigenvalue weighted by atomic mass is 32.1. The molecule has 0 fully saturated rings. The molecule has 3 N–H and O–H groups in total. The second kappa shape index (κ2) is 7.78. The van der Waals surface area contributed by atoms with Gasteiger partial charge in [0.1, 0.15) is 23.1 Å². The molecule has 2 aromatic heterocycles. The maximum atomic E-state index is 10.8. The van der Waals surface area contributed by atoms with E-state index in [0.717, 1.165) is 29.5 Å². The minimum atomic E-state index is -1.05. The number of fused-ring (bicyclic) bond motifs is 3. The molecule has 0 saturated carbocycles. The number of aryl methyl sites for hydroxylation is 2. The molecule has 2 unspecified atom stereocenters. The predicted molar refractivity (Wildman–Crippen MR) is 107 cm³/mol. The zero-order valence-corrected chi connectivity index (χ0v) is 15.9. The third-order valence-corrected chi connectivity index (χ3v) is 6.30. The average Bonchev–Trinajstić information content (AvgIpc) is 3.11. The first kappa shape index (κ1) is 18.7. The van der Waals surface area contributed by atoms with Crippen molar-refractivity contribution in [2.75, 3.05) is 11.9 Å². The van der Waals surface area contributed by atoms with Crippen LogP contribution in [0.3, 0.4) is 0 Å². The Labute approximate surface area is 165 Å². The number of hydrogen-bond acceptors (Lipinski definition) is 8. The molecule has 0 radical (unpaired) electrons. The largest absolute Gasteiger partial charge is 0.394 e. The van der Waals surface area contributed by atoms with Crippen LogP contribution < -0.4 is 5.32 Å². The number of rotatable bonds is 6. The van der Waals surface area contributed by atoms with E-state index in [9.17, 15) is 20.3 Å². The van der Waals surface area contributed by atoms with Gasteiger partial charge in [0.05, 0.1) is 23.0 Å². The molecule has 2 atom stereocenters. The Balaban J connectivity index is 1.63. The number of thiophene rings is 1. The van der Waals surface area contributed by atoms with Crippen molar-refractivity contribution in [1.82, 2.24) is 9.97 Å². The highest BCUT2D eigenvalue weighted by Crippen LogP contribution is 2.38. The van der Waals surface area contributed by atoms with Gasteiger partial charge in [0.15, 0.2) is 0 Å². The van der Waals surface area contributed by atoms with Crippen molar-refractivity contribution < 1.29 is 15.1 Å². The van der Waals surface area contributed by atoms with Crippen LogP contribution in [-0.2, 0) is 12.8 Å². The van der Waals surface area contributed by atoms with E-state index in [-0.39, 0.29) is 12.3 Å². The lowest BCUT2D eigenvalue weighted by atomic mass is 9.96. The summed E-state index contributed by atoms with van der Waals surface area (Å²) in [5.41, 5.74) is 1.69. The number of non-ortho nitro benzene ring substituents is 1. The third-order valence-electron chi connectivity index (χ3n) is 5.10. The Bertz CT molecular complexity index is 1010. The van der Waals surface area contributed by atoms with Gasteiger partial charge in [-0.3, -0.25) is 10.1 Å². The van der Waals surface area contributed by atoms with Gasteiger partial charge < -0.3 is 15.5 Å². The molecule has 1 aliphatic carbocycles. The Morgan fingerprint density at radius 1 is 1.21 bits per heavy atom. The Kier molecular flexibility index (Phi) is 5.21. The second-order valence-corrected chi connectivity index (χ2v) is 7.92. The Hall–Kier alpha value is -2.62. The van der Waals surface area contributed by atoms with Crippen molar-refractivity contribution in [2.45, 2.75) is 37.8 Å². The number of anilines is 1. The van der Waals surface area contributed by atoms with Gasteiger partial charge in [-0.25, -0.2) is 9.97 Å². The quantitative estimate of drug-likeness (QED) is 0.429. The van der Waals surface area contributed by atoms with Crippen LogP contribution in [0.2, 0.25) is 0 Å². The van der Waals surface area contributed by atoms with E-state index < -0.39 is 17.1 Å². The Morgan fingerprint density at radius 2 is 1.96 bits per heavy atom. The van der Waals surface area contributed by atoms with Gasteiger partial charge in [-0.15, -0.1) is 11.3 Å². The molecule has 8 nitrogen and oxygen atoms in total. The second-order valence-electron chi connectivity index (χ2n) is 6.84. The van der Waals surface area contributed by atoms with E-state index in [4.69, 9.17) is 0 Å². The first-order valence-corrected chi connectivity index (χ1v) is 9.95. The van der Waals surface area contributed by atoms with Crippen LogP contribution in [0.15, 0.2) is 30.6 Å². The molecular formula is C19H20N4O4S. The smallest absolute Gasteiger partial charge is 0.269 e. The lowest BCUT2D eigenvalue weighted by Gasteiger charge is -2.23. The van der Waals surface area contributed by atoms with Gasteiger partial charge in [0.25, 0.3) is 5.69 Å². The van der Waals surface area contributed by atoms with E-state index in [0.29, 0.717) is 11.4 Å². The summed E-state index contributed by atoms with van der Waals surface area (Å²) in [6, 6.07) is 4.96. The highest BCUT2D eigenvalue weighted by molar-refractivity contribution is 7.19. The summed E-state index contributed by atoms with van der Waals surface area (Å²) in [6.07, 6.45) is 4.76. The number of aromatic nitrogens is 2. The minimum Gasteiger partial charge on any atom is -0.394 e. The van der Waals surface area contributed by atoms with Crippen molar-refractivity contribution in [2.24, 2.45) is 0 Å².